The van der Waals surface area contributed by atoms with Gasteiger partial charge < -0.3 is 15.2 Å². The predicted octanol–water partition coefficient (Wildman–Crippen LogP) is 4.97. The van der Waals surface area contributed by atoms with E-state index in [1.165, 1.54) is 12.1 Å². The van der Waals surface area contributed by atoms with Crippen LogP contribution in [0, 0.1) is 12.7 Å². The van der Waals surface area contributed by atoms with E-state index in [0.717, 1.165) is 33.7 Å². The fraction of sp³-hybridized carbons (Fsp3) is 0.130. The van der Waals surface area contributed by atoms with Crippen LogP contribution in [-0.2, 0) is 6.54 Å². The molecule has 0 saturated heterocycles. The van der Waals surface area contributed by atoms with Gasteiger partial charge in [-0.05, 0) is 55.5 Å². The summed E-state index contributed by atoms with van der Waals surface area (Å²) in [4.78, 5) is 16.9. The van der Waals surface area contributed by atoms with Crippen LogP contribution in [0.25, 0.3) is 22.4 Å². The van der Waals surface area contributed by atoms with Gasteiger partial charge in [-0.2, -0.15) is 0 Å². The average Bonchev–Trinajstić information content (AvgIpc) is 3.09. The molecule has 2 amide bonds. The van der Waals surface area contributed by atoms with Crippen molar-refractivity contribution in [2.24, 2.45) is 0 Å². The second-order valence-corrected chi connectivity index (χ2v) is 6.83. The number of carbonyl (C=O) groups is 1. The van der Waals surface area contributed by atoms with Crippen molar-refractivity contribution < 1.29 is 9.18 Å². The van der Waals surface area contributed by atoms with E-state index in [2.05, 4.69) is 10.6 Å². The lowest BCUT2D eigenvalue weighted by atomic mass is 10.2. The predicted molar refractivity (Wildman–Crippen MR) is 113 cm³/mol. The Labute approximate surface area is 168 Å². The fourth-order valence-electron chi connectivity index (χ4n) is 3.21. The van der Waals surface area contributed by atoms with Crippen molar-refractivity contribution in [2.75, 3.05) is 11.9 Å². The van der Waals surface area contributed by atoms with Crippen LogP contribution < -0.4 is 10.6 Å². The molecule has 4 rings (SSSR count). The Hall–Kier alpha value is -3.67. The number of nitrogens with zero attached hydrogens (tertiary/aromatic N) is 2. The lowest BCUT2D eigenvalue weighted by Crippen LogP contribution is -2.31. The molecule has 1 aromatic heterocycles. The van der Waals surface area contributed by atoms with Crippen LogP contribution in [0.4, 0.5) is 14.9 Å². The van der Waals surface area contributed by atoms with Crippen LogP contribution in [0.1, 0.15) is 5.56 Å². The molecule has 29 heavy (non-hydrogen) atoms. The first-order chi connectivity index (χ1) is 14.1. The summed E-state index contributed by atoms with van der Waals surface area (Å²) in [5.41, 5.74) is 4.53. The number of anilines is 1. The number of amides is 2. The standard InChI is InChI=1S/C23H21FN4O/c1-16-6-12-19(13-7-16)26-23(29)25-14-15-28-21-5-3-2-4-20(21)27-22(28)17-8-10-18(24)11-9-17/h2-13H,14-15H2,1H3,(H2,25,26,29). The van der Waals surface area contributed by atoms with Gasteiger partial charge >= 0.3 is 6.03 Å². The molecule has 6 heteroatoms. The van der Waals surface area contributed by atoms with Gasteiger partial charge in [0.15, 0.2) is 0 Å². The number of hydrogen-bond donors (Lipinski definition) is 2. The number of imidazole rings is 1. The third kappa shape index (κ3) is 4.27. The van der Waals surface area contributed by atoms with E-state index >= 15 is 0 Å². The SMILES string of the molecule is Cc1ccc(NC(=O)NCCn2c(-c3ccc(F)cc3)nc3ccccc32)cc1. The van der Waals surface area contributed by atoms with Gasteiger partial charge in [-0.15, -0.1) is 0 Å². The molecule has 0 aliphatic carbocycles. The monoisotopic (exact) mass is 388 g/mol. The average molecular weight is 388 g/mol. The first-order valence-corrected chi connectivity index (χ1v) is 9.43. The number of para-hydroxylation sites is 2. The molecule has 3 aromatic carbocycles. The van der Waals surface area contributed by atoms with Gasteiger partial charge in [-0.1, -0.05) is 29.8 Å². The maximum Gasteiger partial charge on any atom is 0.319 e. The van der Waals surface area contributed by atoms with Crippen LogP contribution >= 0.6 is 0 Å². The number of aromatic nitrogens is 2. The quantitative estimate of drug-likeness (QED) is 0.507. The zero-order valence-corrected chi connectivity index (χ0v) is 16.0. The molecule has 1 heterocycles. The molecule has 0 bridgehead atoms. The van der Waals surface area contributed by atoms with Gasteiger partial charge in [-0.25, -0.2) is 14.2 Å². The number of carbonyl (C=O) groups excluding carboxylic acids is 1. The number of benzene rings is 3. The van der Waals surface area contributed by atoms with Gasteiger partial charge in [0, 0.05) is 24.3 Å². The molecule has 0 atom stereocenters. The normalized spacial score (nSPS) is 10.8. The summed E-state index contributed by atoms with van der Waals surface area (Å²) in [5, 5.41) is 5.70. The summed E-state index contributed by atoms with van der Waals surface area (Å²) in [7, 11) is 0. The summed E-state index contributed by atoms with van der Waals surface area (Å²) in [5.74, 6) is 0.456. The first kappa shape index (κ1) is 18.7. The highest BCUT2D eigenvalue weighted by Gasteiger charge is 2.12. The number of rotatable bonds is 5. The zero-order chi connectivity index (χ0) is 20.2. The lowest BCUT2D eigenvalue weighted by molar-refractivity contribution is 0.251. The molecule has 5 nitrogen and oxygen atoms in total. The number of hydrogen-bond acceptors (Lipinski definition) is 2. The van der Waals surface area contributed by atoms with Crippen LogP contribution in [0.5, 0.6) is 0 Å². The minimum atomic E-state index is -0.286. The Bertz CT molecular complexity index is 1130. The molecule has 0 fully saturated rings. The van der Waals surface area contributed by atoms with Crippen LogP contribution in [-0.4, -0.2) is 22.1 Å². The third-order valence-corrected chi connectivity index (χ3v) is 4.69. The summed E-state index contributed by atoms with van der Waals surface area (Å²) < 4.78 is 15.4. The summed E-state index contributed by atoms with van der Waals surface area (Å²) in [6.45, 7) is 2.96. The van der Waals surface area contributed by atoms with Gasteiger partial charge in [0.2, 0.25) is 0 Å². The van der Waals surface area contributed by atoms with E-state index in [-0.39, 0.29) is 11.8 Å². The Kier molecular flexibility index (Phi) is 5.24. The van der Waals surface area contributed by atoms with E-state index in [9.17, 15) is 9.18 Å². The van der Waals surface area contributed by atoms with Crippen molar-refractivity contribution in [3.05, 3.63) is 84.2 Å². The summed E-state index contributed by atoms with van der Waals surface area (Å²) in [6.07, 6.45) is 0. The molecular formula is C23H21FN4O. The molecular weight excluding hydrogens is 367 g/mol. The fourth-order valence-corrected chi connectivity index (χ4v) is 3.21. The Morgan fingerprint density at radius 3 is 2.48 bits per heavy atom. The van der Waals surface area contributed by atoms with Gasteiger partial charge in [0.25, 0.3) is 0 Å². The van der Waals surface area contributed by atoms with E-state index in [1.807, 2.05) is 60.0 Å². The Morgan fingerprint density at radius 1 is 1.00 bits per heavy atom. The van der Waals surface area contributed by atoms with Crippen molar-refractivity contribution in [1.82, 2.24) is 14.9 Å². The molecule has 0 saturated carbocycles. The maximum atomic E-state index is 13.3. The molecule has 2 N–H and O–H groups in total. The van der Waals surface area contributed by atoms with Crippen LogP contribution in [0.15, 0.2) is 72.8 Å². The molecule has 0 spiro atoms. The van der Waals surface area contributed by atoms with Crippen LogP contribution in [0.3, 0.4) is 0 Å². The van der Waals surface area contributed by atoms with Crippen molar-refractivity contribution in [1.29, 1.82) is 0 Å². The summed E-state index contributed by atoms with van der Waals surface area (Å²) >= 11 is 0. The smallest absolute Gasteiger partial charge is 0.319 e. The molecule has 0 unspecified atom stereocenters. The van der Waals surface area contributed by atoms with Crippen molar-refractivity contribution in [3.63, 3.8) is 0 Å². The highest BCUT2D eigenvalue weighted by atomic mass is 19.1. The number of aryl methyl sites for hydroxylation is 1. The summed E-state index contributed by atoms with van der Waals surface area (Å²) in [6, 6.07) is 21.4. The number of halogens is 1. The van der Waals surface area contributed by atoms with Gasteiger partial charge in [0.05, 0.1) is 11.0 Å². The number of nitrogens with one attached hydrogen (secondary N) is 2. The van der Waals surface area contributed by atoms with Gasteiger partial charge in [0.1, 0.15) is 11.6 Å². The number of fused-ring (bicyclic) bond motifs is 1. The van der Waals surface area contributed by atoms with Crippen molar-refractivity contribution in [2.45, 2.75) is 13.5 Å². The van der Waals surface area contributed by atoms with E-state index in [1.54, 1.807) is 12.1 Å². The van der Waals surface area contributed by atoms with Crippen molar-refractivity contribution in [3.8, 4) is 11.4 Å². The first-order valence-electron chi connectivity index (χ1n) is 9.43. The topological polar surface area (TPSA) is 59.0 Å². The Morgan fingerprint density at radius 2 is 1.72 bits per heavy atom. The van der Waals surface area contributed by atoms with Crippen molar-refractivity contribution >= 4 is 22.8 Å². The molecule has 146 valence electrons. The van der Waals surface area contributed by atoms with Gasteiger partial charge in [-0.3, -0.25) is 0 Å². The lowest BCUT2D eigenvalue weighted by Gasteiger charge is -2.11. The van der Waals surface area contributed by atoms with E-state index < -0.39 is 0 Å². The zero-order valence-electron chi connectivity index (χ0n) is 16.0. The molecule has 0 radical (unpaired) electrons. The maximum absolute atomic E-state index is 13.3. The molecule has 4 aromatic rings. The largest absolute Gasteiger partial charge is 0.336 e. The minimum absolute atomic E-state index is 0.262. The van der Waals surface area contributed by atoms with E-state index in [4.69, 9.17) is 4.98 Å². The highest BCUT2D eigenvalue weighted by Crippen LogP contribution is 2.24. The third-order valence-electron chi connectivity index (χ3n) is 4.69. The molecule has 0 aliphatic rings. The second kappa shape index (κ2) is 8.14. The van der Waals surface area contributed by atoms with Crippen LogP contribution in [0.2, 0.25) is 0 Å². The highest BCUT2D eigenvalue weighted by molar-refractivity contribution is 5.89. The minimum Gasteiger partial charge on any atom is -0.336 e. The molecule has 0 aliphatic heterocycles. The second-order valence-electron chi connectivity index (χ2n) is 6.83. The number of urea groups is 1. The van der Waals surface area contributed by atoms with E-state index in [0.29, 0.717) is 13.1 Å². The Balaban J connectivity index is 1.49.